The summed E-state index contributed by atoms with van der Waals surface area (Å²) in [5.41, 5.74) is 8.39. The molecule has 2 aliphatic heterocycles. The summed E-state index contributed by atoms with van der Waals surface area (Å²) < 4.78 is 15.2. The molecule has 2 aromatic heterocycles. The van der Waals surface area contributed by atoms with Gasteiger partial charge in [-0.2, -0.15) is 10.2 Å². The van der Waals surface area contributed by atoms with E-state index in [1.54, 1.807) is 24.0 Å². The molecular weight excluding hydrogens is 685 g/mol. The van der Waals surface area contributed by atoms with Crippen LogP contribution in [0.3, 0.4) is 0 Å². The van der Waals surface area contributed by atoms with Crippen LogP contribution in [0.5, 0.6) is 11.5 Å². The molecule has 2 fully saturated rings. The third-order valence-corrected chi connectivity index (χ3v) is 11.5. The Morgan fingerprint density at radius 3 is 1.35 bits per heavy atom. The van der Waals surface area contributed by atoms with E-state index in [1.807, 2.05) is 101 Å². The van der Waals surface area contributed by atoms with Crippen molar-refractivity contribution in [3.63, 3.8) is 0 Å². The van der Waals surface area contributed by atoms with E-state index >= 15 is 0 Å². The highest BCUT2D eigenvalue weighted by molar-refractivity contribution is 5.95. The molecule has 4 heterocycles. The molecule has 0 radical (unpaired) electrons. The van der Waals surface area contributed by atoms with Gasteiger partial charge in [-0.1, -0.05) is 12.1 Å². The Kier molecular flexibility index (Phi) is 10.5. The summed E-state index contributed by atoms with van der Waals surface area (Å²) >= 11 is 0. The van der Waals surface area contributed by atoms with Gasteiger partial charge in [0.15, 0.2) is 5.78 Å². The maximum atomic E-state index is 13.8. The van der Waals surface area contributed by atoms with Crippen LogP contribution in [0.2, 0.25) is 0 Å². The highest BCUT2D eigenvalue weighted by Crippen LogP contribution is 2.42. The summed E-state index contributed by atoms with van der Waals surface area (Å²) in [5.74, 6) is 1.62. The number of methoxy groups -OCH3 is 2. The number of piperidine rings is 2. The number of fused-ring (bicyclic) bond motifs is 2. The molecule has 2 bridgehead atoms. The molecule has 54 heavy (non-hydrogen) atoms. The van der Waals surface area contributed by atoms with Crippen molar-refractivity contribution in [2.75, 3.05) is 40.4 Å². The molecular formula is C41H54N8O5. The molecule has 288 valence electrons. The quantitative estimate of drug-likeness (QED) is 0.223. The van der Waals surface area contributed by atoms with Crippen LogP contribution in [0.1, 0.15) is 69.7 Å². The second-order valence-corrected chi connectivity index (χ2v) is 15.7. The Bertz CT molecular complexity index is 1900. The fourth-order valence-electron chi connectivity index (χ4n) is 8.21. The Balaban J connectivity index is 1.10. The first-order valence-corrected chi connectivity index (χ1v) is 18.5. The zero-order chi connectivity index (χ0) is 39.1. The van der Waals surface area contributed by atoms with Crippen molar-refractivity contribution in [1.82, 2.24) is 40.0 Å². The van der Waals surface area contributed by atoms with E-state index in [0.29, 0.717) is 26.2 Å². The lowest BCUT2D eigenvalue weighted by Gasteiger charge is -2.54. The monoisotopic (exact) mass is 738 g/mol. The Hall–Kier alpha value is -5.33. The molecule has 0 saturated carbocycles. The van der Waals surface area contributed by atoms with E-state index in [9.17, 15) is 14.4 Å². The minimum absolute atomic E-state index is 0.0857. The summed E-state index contributed by atoms with van der Waals surface area (Å²) in [6, 6.07) is 7.33. The van der Waals surface area contributed by atoms with Crippen LogP contribution in [0, 0.1) is 52.4 Å². The predicted molar refractivity (Wildman–Crippen MR) is 206 cm³/mol. The largest absolute Gasteiger partial charge is 0.496 e. The molecule has 0 atom stereocenters. The number of hydrogen-bond acceptors (Lipinski definition) is 7. The number of Topliss-reactive ketones (excluding diaryl/α,β-unsaturated/α-hetero) is 1. The van der Waals surface area contributed by atoms with Crippen molar-refractivity contribution >= 4 is 17.8 Å². The maximum absolute atomic E-state index is 13.8. The minimum atomic E-state index is -0.910. The zero-order valence-corrected chi connectivity index (χ0v) is 33.3. The lowest BCUT2D eigenvalue weighted by molar-refractivity contribution is -0.152. The summed E-state index contributed by atoms with van der Waals surface area (Å²) in [5, 5.41) is 15.5. The number of ketones is 1. The molecule has 13 nitrogen and oxygen atoms in total. The van der Waals surface area contributed by atoms with E-state index in [0.717, 1.165) is 67.4 Å². The number of nitrogens with zero attached hydrogens (tertiary/aromatic N) is 6. The molecule has 4 aromatic rings. The number of carbonyl (C=O) groups excluding carboxylic acids is 3. The number of urea groups is 2. The number of hydrogen-bond donors (Lipinski definition) is 2. The standard InChI is InChI=1S/C41H54N8O5/c1-25-17-48(44-29(25)5)19-33-27(3)31(11-13-35(33)53-9)15-42-38(51)46-21-40(7)23-47(24-41(8,22-46)37(40)50)39(52)43-16-32-12-14-36(54-10)34(28(32)4)20-49-18-26(2)30(6)45-49/h11-14,17-18H,15-16,19-24H2,1-10H3,(H,42,51)(H,43,52). The van der Waals surface area contributed by atoms with Crippen molar-refractivity contribution in [1.29, 1.82) is 0 Å². The first kappa shape index (κ1) is 38.4. The highest BCUT2D eigenvalue weighted by atomic mass is 16.5. The zero-order valence-electron chi connectivity index (χ0n) is 33.3. The first-order valence-electron chi connectivity index (χ1n) is 18.5. The van der Waals surface area contributed by atoms with E-state index in [1.165, 1.54) is 0 Å². The van der Waals surface area contributed by atoms with Crippen molar-refractivity contribution in [3.05, 3.63) is 92.6 Å². The Morgan fingerprint density at radius 1 is 0.667 bits per heavy atom. The highest BCUT2D eigenvalue weighted by Gasteiger charge is 2.57. The third-order valence-electron chi connectivity index (χ3n) is 11.5. The number of benzene rings is 2. The van der Waals surface area contributed by atoms with Gasteiger partial charge in [-0.25, -0.2) is 9.59 Å². The molecule has 13 heteroatoms. The molecule has 6 rings (SSSR count). The summed E-state index contributed by atoms with van der Waals surface area (Å²) in [7, 11) is 3.31. The molecule has 2 N–H and O–H groups in total. The van der Waals surface area contributed by atoms with Gasteiger partial charge in [0.25, 0.3) is 0 Å². The Labute approximate surface area is 318 Å². The van der Waals surface area contributed by atoms with E-state index < -0.39 is 10.8 Å². The van der Waals surface area contributed by atoms with Gasteiger partial charge < -0.3 is 29.9 Å². The van der Waals surface area contributed by atoms with Crippen molar-refractivity contribution in [2.24, 2.45) is 10.8 Å². The van der Waals surface area contributed by atoms with Gasteiger partial charge in [-0.3, -0.25) is 14.2 Å². The Morgan fingerprint density at radius 2 is 1.04 bits per heavy atom. The number of rotatable bonds is 10. The number of amides is 4. The number of ether oxygens (including phenoxy) is 2. The lowest BCUT2D eigenvalue weighted by atomic mass is 9.64. The molecule has 2 aliphatic rings. The average Bonchev–Trinajstić information content (AvgIpc) is 3.62. The number of likely N-dealkylation sites (tertiary alicyclic amines) is 2. The fraction of sp³-hybridized carbons (Fsp3) is 0.488. The van der Waals surface area contributed by atoms with Crippen LogP contribution in [-0.2, 0) is 31.0 Å². The van der Waals surface area contributed by atoms with Gasteiger partial charge in [0.05, 0.1) is 49.5 Å². The summed E-state index contributed by atoms with van der Waals surface area (Å²) in [6.07, 6.45) is 4.04. The van der Waals surface area contributed by atoms with Crippen molar-refractivity contribution in [2.45, 2.75) is 81.6 Å². The second-order valence-electron chi connectivity index (χ2n) is 15.7. The van der Waals surface area contributed by atoms with Gasteiger partial charge in [0.2, 0.25) is 0 Å². The molecule has 0 unspecified atom stereocenters. The second kappa shape index (κ2) is 14.8. The smallest absolute Gasteiger partial charge is 0.317 e. The van der Waals surface area contributed by atoms with Crippen LogP contribution >= 0.6 is 0 Å². The van der Waals surface area contributed by atoms with Crippen molar-refractivity contribution < 1.29 is 23.9 Å². The normalized spacial score (nSPS) is 19.6. The van der Waals surface area contributed by atoms with Crippen molar-refractivity contribution in [3.8, 4) is 11.5 Å². The van der Waals surface area contributed by atoms with Gasteiger partial charge in [-0.05, 0) is 101 Å². The number of nitrogens with one attached hydrogen (secondary N) is 2. The SMILES string of the molecule is COc1ccc(CNC(=O)N2CC3(C)CN(C(=O)NCc4ccc(OC)c(Cn5cc(C)c(C)n5)c4C)CC(C)(C2)C3=O)c(C)c1Cn1cc(C)c(C)n1. The lowest BCUT2D eigenvalue weighted by Crippen LogP contribution is -2.70. The van der Waals surface area contributed by atoms with Gasteiger partial charge >= 0.3 is 12.1 Å². The van der Waals surface area contributed by atoms with Crippen LogP contribution in [0.15, 0.2) is 36.7 Å². The summed E-state index contributed by atoms with van der Waals surface area (Å²) in [6.45, 7) is 18.5. The summed E-state index contributed by atoms with van der Waals surface area (Å²) in [4.78, 5) is 44.7. The van der Waals surface area contributed by atoms with Crippen LogP contribution in [0.25, 0.3) is 0 Å². The topological polar surface area (TPSA) is 136 Å². The molecule has 0 aliphatic carbocycles. The van der Waals surface area contributed by atoms with Crippen LogP contribution < -0.4 is 20.1 Å². The molecule has 4 amide bonds. The number of aromatic nitrogens is 4. The van der Waals surface area contributed by atoms with E-state index in [2.05, 4.69) is 20.8 Å². The first-order chi connectivity index (χ1) is 25.5. The third kappa shape index (κ3) is 7.40. The number of carbonyl (C=O) groups is 3. The van der Waals surface area contributed by atoms with Gasteiger partial charge in [0.1, 0.15) is 11.5 Å². The van der Waals surface area contributed by atoms with Gasteiger partial charge in [-0.15, -0.1) is 0 Å². The maximum Gasteiger partial charge on any atom is 0.317 e. The van der Waals surface area contributed by atoms with Crippen LogP contribution in [0.4, 0.5) is 9.59 Å². The van der Waals surface area contributed by atoms with E-state index in [4.69, 9.17) is 9.47 Å². The van der Waals surface area contributed by atoms with Gasteiger partial charge in [0, 0.05) is 62.8 Å². The average molecular weight is 739 g/mol. The fourth-order valence-corrected chi connectivity index (χ4v) is 8.21. The predicted octanol–water partition coefficient (Wildman–Crippen LogP) is 5.38. The molecule has 0 spiro atoms. The minimum Gasteiger partial charge on any atom is -0.496 e. The molecule has 2 aromatic carbocycles. The number of aryl methyl sites for hydroxylation is 4. The molecule has 2 saturated heterocycles. The van der Waals surface area contributed by atoms with E-state index in [-0.39, 0.29) is 44.0 Å². The van der Waals surface area contributed by atoms with Crippen LogP contribution in [-0.4, -0.2) is 87.6 Å².